The number of nitrogens with one attached hydrogen (secondary N) is 2. The lowest BCUT2D eigenvalue weighted by Gasteiger charge is -2.28. The van der Waals surface area contributed by atoms with Gasteiger partial charge in [-0.3, -0.25) is 9.59 Å². The standard InChI is InChI=1S/C24H28N2O3/c1-23(2,3)29-22(28)24-14-18(24)15-25-20(24)21(27)26-19(16-10-6-4-7-11-16)17-12-8-5-9-13-17/h4-13,18-20,25H,14-15H2,1-3H3,(H,26,27)/t18-,20?,24-/m0/s1. The van der Waals surface area contributed by atoms with Gasteiger partial charge in [0.1, 0.15) is 11.6 Å². The largest absolute Gasteiger partial charge is 0.459 e. The fourth-order valence-electron chi connectivity index (χ4n) is 4.34. The Labute approximate surface area is 171 Å². The molecular formula is C24H28N2O3. The zero-order valence-electron chi connectivity index (χ0n) is 17.1. The van der Waals surface area contributed by atoms with Crippen LogP contribution >= 0.6 is 0 Å². The Hall–Kier alpha value is -2.66. The van der Waals surface area contributed by atoms with Crippen LogP contribution in [-0.2, 0) is 14.3 Å². The van der Waals surface area contributed by atoms with Crippen molar-refractivity contribution in [1.82, 2.24) is 10.6 Å². The van der Waals surface area contributed by atoms with Gasteiger partial charge < -0.3 is 15.4 Å². The van der Waals surface area contributed by atoms with Crippen molar-refractivity contribution in [3.8, 4) is 0 Å². The van der Waals surface area contributed by atoms with Crippen LogP contribution in [0.15, 0.2) is 60.7 Å². The number of esters is 1. The van der Waals surface area contributed by atoms with Crippen molar-refractivity contribution in [2.75, 3.05) is 6.54 Å². The van der Waals surface area contributed by atoms with Crippen molar-refractivity contribution in [2.24, 2.45) is 11.3 Å². The smallest absolute Gasteiger partial charge is 0.315 e. The monoisotopic (exact) mass is 392 g/mol. The van der Waals surface area contributed by atoms with E-state index < -0.39 is 17.1 Å². The third kappa shape index (κ3) is 3.79. The molecule has 0 aromatic heterocycles. The first kappa shape index (κ1) is 19.6. The molecule has 5 heteroatoms. The second kappa shape index (κ2) is 7.30. The van der Waals surface area contributed by atoms with Crippen molar-refractivity contribution >= 4 is 11.9 Å². The summed E-state index contributed by atoms with van der Waals surface area (Å²) in [5.74, 6) is -0.260. The molecule has 29 heavy (non-hydrogen) atoms. The predicted molar refractivity (Wildman–Crippen MR) is 111 cm³/mol. The Balaban J connectivity index is 1.57. The Morgan fingerprint density at radius 1 is 1.03 bits per heavy atom. The van der Waals surface area contributed by atoms with Gasteiger partial charge in [-0.15, -0.1) is 0 Å². The summed E-state index contributed by atoms with van der Waals surface area (Å²) in [7, 11) is 0. The molecule has 1 saturated carbocycles. The Bertz CT molecular complexity index is 852. The summed E-state index contributed by atoms with van der Waals surface area (Å²) in [6.07, 6.45) is 0.703. The van der Waals surface area contributed by atoms with Gasteiger partial charge in [0.25, 0.3) is 0 Å². The van der Waals surface area contributed by atoms with Gasteiger partial charge in [-0.2, -0.15) is 0 Å². The van der Waals surface area contributed by atoms with Crippen molar-refractivity contribution in [1.29, 1.82) is 0 Å². The average molecular weight is 392 g/mol. The maximum Gasteiger partial charge on any atom is 0.315 e. The molecule has 1 heterocycles. The van der Waals surface area contributed by atoms with Gasteiger partial charge >= 0.3 is 5.97 Å². The maximum absolute atomic E-state index is 13.3. The molecule has 152 valence electrons. The van der Waals surface area contributed by atoms with Crippen LogP contribution in [0.25, 0.3) is 0 Å². The molecule has 1 aliphatic heterocycles. The molecule has 1 aliphatic carbocycles. The topological polar surface area (TPSA) is 67.4 Å². The van der Waals surface area contributed by atoms with Crippen molar-refractivity contribution in [3.05, 3.63) is 71.8 Å². The van der Waals surface area contributed by atoms with E-state index in [-0.39, 0.29) is 23.8 Å². The van der Waals surface area contributed by atoms with Gasteiger partial charge in [-0.1, -0.05) is 60.7 Å². The van der Waals surface area contributed by atoms with Gasteiger partial charge in [0, 0.05) is 0 Å². The maximum atomic E-state index is 13.3. The van der Waals surface area contributed by atoms with E-state index in [1.807, 2.05) is 81.4 Å². The molecule has 1 saturated heterocycles. The number of rotatable bonds is 5. The molecule has 5 nitrogen and oxygen atoms in total. The minimum Gasteiger partial charge on any atom is -0.459 e. The lowest BCUT2D eigenvalue weighted by Crippen LogP contribution is -2.51. The summed E-state index contributed by atoms with van der Waals surface area (Å²) in [5, 5.41) is 6.44. The highest BCUT2D eigenvalue weighted by Crippen LogP contribution is 2.59. The van der Waals surface area contributed by atoms with Crippen molar-refractivity contribution < 1.29 is 14.3 Å². The number of piperidine rings is 1. The van der Waals surface area contributed by atoms with Crippen LogP contribution in [0.4, 0.5) is 0 Å². The number of benzene rings is 2. The molecule has 0 radical (unpaired) electrons. The lowest BCUT2D eigenvalue weighted by molar-refractivity contribution is -0.164. The van der Waals surface area contributed by atoms with Crippen LogP contribution in [0.3, 0.4) is 0 Å². The van der Waals surface area contributed by atoms with E-state index in [1.165, 1.54) is 0 Å². The summed E-state index contributed by atoms with van der Waals surface area (Å²) < 4.78 is 5.66. The van der Waals surface area contributed by atoms with Crippen LogP contribution in [0.1, 0.15) is 44.4 Å². The van der Waals surface area contributed by atoms with Crippen molar-refractivity contribution in [3.63, 3.8) is 0 Å². The van der Waals surface area contributed by atoms with Crippen molar-refractivity contribution in [2.45, 2.75) is 44.9 Å². The highest BCUT2D eigenvalue weighted by atomic mass is 16.6. The van der Waals surface area contributed by atoms with Gasteiger partial charge in [0.15, 0.2) is 0 Å². The minimum absolute atomic E-state index is 0.159. The first-order valence-corrected chi connectivity index (χ1v) is 10.2. The number of carbonyl (C=O) groups excluding carboxylic acids is 2. The van der Waals surface area contributed by atoms with E-state index in [0.717, 1.165) is 11.1 Å². The molecule has 2 fully saturated rings. The molecule has 2 aromatic carbocycles. The Morgan fingerprint density at radius 2 is 1.59 bits per heavy atom. The van der Waals surface area contributed by atoms with Crippen LogP contribution < -0.4 is 10.6 Å². The molecule has 2 aromatic rings. The Kier molecular flexibility index (Phi) is 4.95. The molecule has 4 rings (SSSR count). The van der Waals surface area contributed by atoms with Gasteiger partial charge in [-0.25, -0.2) is 0 Å². The quantitative estimate of drug-likeness (QED) is 0.767. The fraction of sp³-hybridized carbons (Fsp3) is 0.417. The molecule has 1 amide bonds. The summed E-state index contributed by atoms with van der Waals surface area (Å²) in [4.78, 5) is 26.3. The highest BCUT2D eigenvalue weighted by Gasteiger charge is 2.71. The minimum atomic E-state index is -0.741. The summed E-state index contributed by atoms with van der Waals surface area (Å²) in [6, 6.07) is 18.9. The molecule has 0 spiro atoms. The zero-order chi connectivity index (χ0) is 20.6. The third-order valence-corrected chi connectivity index (χ3v) is 5.83. The second-order valence-electron chi connectivity index (χ2n) is 9.05. The van der Waals surface area contributed by atoms with E-state index >= 15 is 0 Å². The highest BCUT2D eigenvalue weighted by molar-refractivity contribution is 5.94. The van der Waals surface area contributed by atoms with Crippen LogP contribution in [0, 0.1) is 11.3 Å². The number of hydrogen-bond acceptors (Lipinski definition) is 4. The summed E-state index contributed by atoms with van der Waals surface area (Å²) in [5.41, 5.74) is 0.696. The van der Waals surface area contributed by atoms with Gasteiger partial charge in [0.05, 0.1) is 11.5 Å². The first-order chi connectivity index (χ1) is 13.8. The fourth-order valence-corrected chi connectivity index (χ4v) is 4.34. The van der Waals surface area contributed by atoms with E-state index in [4.69, 9.17) is 4.74 Å². The van der Waals surface area contributed by atoms with Gasteiger partial charge in [-0.05, 0) is 50.8 Å². The van der Waals surface area contributed by atoms with Gasteiger partial charge in [0.2, 0.25) is 5.91 Å². The second-order valence-corrected chi connectivity index (χ2v) is 9.05. The number of fused-ring (bicyclic) bond motifs is 1. The molecule has 0 bridgehead atoms. The van der Waals surface area contributed by atoms with E-state index in [9.17, 15) is 9.59 Å². The van der Waals surface area contributed by atoms with E-state index in [1.54, 1.807) is 0 Å². The van der Waals surface area contributed by atoms with Crippen LogP contribution in [0.2, 0.25) is 0 Å². The van der Waals surface area contributed by atoms with Crippen LogP contribution in [-0.4, -0.2) is 30.1 Å². The SMILES string of the molecule is CC(C)(C)OC(=O)[C@@]12C[C@H]1CNC2C(=O)NC(c1ccccc1)c1ccccc1. The molecule has 3 atom stereocenters. The Morgan fingerprint density at radius 3 is 2.07 bits per heavy atom. The number of hydrogen-bond donors (Lipinski definition) is 2. The molecule has 2 aliphatic rings. The van der Waals surface area contributed by atoms with E-state index in [0.29, 0.717) is 13.0 Å². The number of ether oxygens (including phenoxy) is 1. The average Bonchev–Trinajstić information content (AvgIpc) is 3.31. The molecule has 2 N–H and O–H groups in total. The van der Waals surface area contributed by atoms with Crippen LogP contribution in [0.5, 0.6) is 0 Å². The third-order valence-electron chi connectivity index (χ3n) is 5.83. The number of amides is 1. The normalized spacial score (nSPS) is 25.4. The zero-order valence-corrected chi connectivity index (χ0v) is 17.1. The van der Waals surface area contributed by atoms with E-state index in [2.05, 4.69) is 10.6 Å². The first-order valence-electron chi connectivity index (χ1n) is 10.2. The summed E-state index contributed by atoms with van der Waals surface area (Å²) >= 11 is 0. The predicted octanol–water partition coefficient (Wildman–Crippen LogP) is 3.21. The molecule has 1 unspecified atom stereocenters. The number of carbonyl (C=O) groups is 2. The summed E-state index contributed by atoms with van der Waals surface area (Å²) in [6.45, 7) is 6.24. The lowest BCUT2D eigenvalue weighted by atomic mass is 9.93. The molecular weight excluding hydrogens is 364 g/mol.